The van der Waals surface area contributed by atoms with Gasteiger partial charge in [0.15, 0.2) is 0 Å². The van der Waals surface area contributed by atoms with Gasteiger partial charge in [-0.1, -0.05) is 24.3 Å². The van der Waals surface area contributed by atoms with Crippen molar-refractivity contribution < 1.29 is 13.2 Å². The van der Waals surface area contributed by atoms with Gasteiger partial charge in [-0.25, -0.2) is 8.42 Å². The molecule has 0 spiro atoms. The van der Waals surface area contributed by atoms with Crippen LogP contribution in [0.1, 0.15) is 43.6 Å². The molecule has 2 aromatic rings. The molecule has 0 aliphatic carbocycles. The molecule has 7 heteroatoms. The molecule has 1 amide bonds. The molecule has 30 heavy (non-hydrogen) atoms. The lowest BCUT2D eigenvalue weighted by molar-refractivity contribution is 0.0939. The Hall–Kier alpha value is -2.38. The van der Waals surface area contributed by atoms with Crippen molar-refractivity contribution in [2.75, 3.05) is 23.9 Å². The number of anilines is 1. The van der Waals surface area contributed by atoms with Crippen molar-refractivity contribution in [3.8, 4) is 0 Å². The summed E-state index contributed by atoms with van der Waals surface area (Å²) in [5.41, 5.74) is 2.09. The molecule has 3 rings (SSSR count). The van der Waals surface area contributed by atoms with Gasteiger partial charge in [-0.3, -0.25) is 14.0 Å². The SMILES string of the molecule is CC(C)N(CCNC(=O)c1cccc(S(=O)(=O)N2CCc3ccccc32)c1)C(C)C. The van der Waals surface area contributed by atoms with E-state index in [0.29, 0.717) is 37.2 Å². The van der Waals surface area contributed by atoms with Crippen LogP contribution in [0.5, 0.6) is 0 Å². The molecule has 1 heterocycles. The van der Waals surface area contributed by atoms with Crippen molar-refractivity contribution in [2.24, 2.45) is 0 Å². The summed E-state index contributed by atoms with van der Waals surface area (Å²) in [6.45, 7) is 10.2. The van der Waals surface area contributed by atoms with Crippen molar-refractivity contribution in [3.63, 3.8) is 0 Å². The molecular formula is C23H31N3O3S. The van der Waals surface area contributed by atoms with Crippen molar-refractivity contribution in [2.45, 2.75) is 51.1 Å². The molecule has 0 atom stereocenters. The van der Waals surface area contributed by atoms with E-state index in [2.05, 4.69) is 37.9 Å². The summed E-state index contributed by atoms with van der Waals surface area (Å²) in [6, 6.07) is 14.6. The molecule has 0 aromatic heterocycles. The van der Waals surface area contributed by atoms with Crippen LogP contribution in [0.15, 0.2) is 53.4 Å². The van der Waals surface area contributed by atoms with E-state index in [9.17, 15) is 13.2 Å². The minimum absolute atomic E-state index is 0.137. The first-order chi connectivity index (χ1) is 14.2. The predicted octanol–water partition coefficient (Wildman–Crippen LogP) is 3.29. The lowest BCUT2D eigenvalue weighted by Crippen LogP contribution is -2.42. The van der Waals surface area contributed by atoms with Crippen LogP contribution in [0, 0.1) is 0 Å². The van der Waals surface area contributed by atoms with Gasteiger partial charge >= 0.3 is 0 Å². The third kappa shape index (κ3) is 4.68. The average Bonchev–Trinajstić information content (AvgIpc) is 3.15. The van der Waals surface area contributed by atoms with Gasteiger partial charge in [-0.2, -0.15) is 0 Å². The first kappa shape index (κ1) is 22.3. The Bertz CT molecular complexity index is 994. The summed E-state index contributed by atoms with van der Waals surface area (Å²) in [7, 11) is -3.72. The Labute approximate surface area is 179 Å². The third-order valence-electron chi connectivity index (χ3n) is 5.51. The lowest BCUT2D eigenvalue weighted by atomic mass is 10.2. The number of nitrogens with one attached hydrogen (secondary N) is 1. The van der Waals surface area contributed by atoms with E-state index in [0.717, 1.165) is 17.8 Å². The fourth-order valence-electron chi connectivity index (χ4n) is 4.00. The number of hydrogen-bond acceptors (Lipinski definition) is 4. The van der Waals surface area contributed by atoms with Crippen molar-refractivity contribution in [1.82, 2.24) is 10.2 Å². The molecule has 0 bridgehead atoms. The van der Waals surface area contributed by atoms with E-state index in [4.69, 9.17) is 0 Å². The summed E-state index contributed by atoms with van der Waals surface area (Å²) in [5, 5.41) is 2.91. The fourth-order valence-corrected chi connectivity index (χ4v) is 5.55. The highest BCUT2D eigenvalue weighted by Gasteiger charge is 2.30. The second-order valence-corrected chi connectivity index (χ2v) is 10.0. The highest BCUT2D eigenvalue weighted by atomic mass is 32.2. The summed E-state index contributed by atoms with van der Waals surface area (Å²) in [6.07, 6.45) is 0.692. The van der Waals surface area contributed by atoms with E-state index in [1.807, 2.05) is 24.3 Å². The Morgan fingerprint density at radius 3 is 2.47 bits per heavy atom. The van der Waals surface area contributed by atoms with Crippen LogP contribution >= 0.6 is 0 Å². The molecule has 1 aliphatic heterocycles. The normalized spacial score (nSPS) is 13.9. The Kier molecular flexibility index (Phi) is 6.83. The quantitative estimate of drug-likeness (QED) is 0.699. The van der Waals surface area contributed by atoms with Gasteiger partial charge in [0, 0.05) is 37.3 Å². The molecule has 2 aromatic carbocycles. The van der Waals surface area contributed by atoms with Gasteiger partial charge in [-0.05, 0) is 63.9 Å². The monoisotopic (exact) mass is 429 g/mol. The minimum Gasteiger partial charge on any atom is -0.351 e. The Balaban J connectivity index is 1.72. The van der Waals surface area contributed by atoms with Crippen LogP contribution in [0.25, 0.3) is 0 Å². The van der Waals surface area contributed by atoms with E-state index in [1.54, 1.807) is 18.2 Å². The van der Waals surface area contributed by atoms with E-state index >= 15 is 0 Å². The second-order valence-electron chi connectivity index (χ2n) is 8.16. The number of carbonyl (C=O) groups is 1. The van der Waals surface area contributed by atoms with Gasteiger partial charge < -0.3 is 5.32 Å². The van der Waals surface area contributed by atoms with Crippen LogP contribution in [-0.4, -0.2) is 50.9 Å². The van der Waals surface area contributed by atoms with Gasteiger partial charge in [0.2, 0.25) is 0 Å². The molecule has 0 unspecified atom stereocenters. The molecular weight excluding hydrogens is 398 g/mol. The van der Waals surface area contributed by atoms with Crippen LogP contribution in [-0.2, 0) is 16.4 Å². The maximum absolute atomic E-state index is 13.2. The molecule has 1 N–H and O–H groups in total. The van der Waals surface area contributed by atoms with Gasteiger partial charge in [0.25, 0.3) is 15.9 Å². The molecule has 1 aliphatic rings. The van der Waals surface area contributed by atoms with Crippen LogP contribution < -0.4 is 9.62 Å². The van der Waals surface area contributed by atoms with Gasteiger partial charge in [-0.15, -0.1) is 0 Å². The Morgan fingerprint density at radius 1 is 1.07 bits per heavy atom. The smallest absolute Gasteiger partial charge is 0.264 e. The number of rotatable bonds is 8. The topological polar surface area (TPSA) is 69.7 Å². The first-order valence-electron chi connectivity index (χ1n) is 10.5. The molecule has 0 fully saturated rings. The first-order valence-corrected chi connectivity index (χ1v) is 11.9. The largest absolute Gasteiger partial charge is 0.351 e. The van der Waals surface area contributed by atoms with Crippen LogP contribution in [0.2, 0.25) is 0 Å². The molecule has 0 radical (unpaired) electrons. The zero-order valence-corrected chi connectivity index (χ0v) is 18.9. The third-order valence-corrected chi connectivity index (χ3v) is 7.32. The highest BCUT2D eigenvalue weighted by molar-refractivity contribution is 7.92. The fraction of sp³-hybridized carbons (Fsp3) is 0.435. The lowest BCUT2D eigenvalue weighted by Gasteiger charge is -2.30. The summed E-state index contributed by atoms with van der Waals surface area (Å²) >= 11 is 0. The number of nitrogens with zero attached hydrogens (tertiary/aromatic N) is 2. The van der Waals surface area contributed by atoms with Gasteiger partial charge in [0.1, 0.15) is 0 Å². The minimum atomic E-state index is -3.72. The van der Waals surface area contributed by atoms with E-state index < -0.39 is 10.0 Å². The van der Waals surface area contributed by atoms with Crippen molar-refractivity contribution in [1.29, 1.82) is 0 Å². The summed E-state index contributed by atoms with van der Waals surface area (Å²) < 4.78 is 27.9. The zero-order chi connectivity index (χ0) is 21.9. The standard InChI is InChI=1S/C23H31N3O3S/c1-17(2)25(18(3)4)15-13-24-23(27)20-9-7-10-21(16-20)30(28,29)26-14-12-19-8-5-6-11-22(19)26/h5-11,16-18H,12-15H2,1-4H3,(H,24,27). The summed E-state index contributed by atoms with van der Waals surface area (Å²) in [5.74, 6) is -0.263. The second kappa shape index (κ2) is 9.18. The average molecular weight is 430 g/mol. The molecule has 0 saturated carbocycles. The number of hydrogen-bond donors (Lipinski definition) is 1. The number of carbonyl (C=O) groups excluding carboxylic acids is 1. The maximum atomic E-state index is 13.2. The molecule has 6 nitrogen and oxygen atoms in total. The summed E-state index contributed by atoms with van der Waals surface area (Å²) in [4.78, 5) is 15.1. The maximum Gasteiger partial charge on any atom is 0.264 e. The predicted molar refractivity (Wildman–Crippen MR) is 120 cm³/mol. The van der Waals surface area contributed by atoms with Gasteiger partial charge in [0.05, 0.1) is 10.6 Å². The van der Waals surface area contributed by atoms with E-state index in [1.165, 1.54) is 10.4 Å². The number of para-hydroxylation sites is 1. The number of fused-ring (bicyclic) bond motifs is 1. The number of sulfonamides is 1. The van der Waals surface area contributed by atoms with Crippen LogP contribution in [0.4, 0.5) is 5.69 Å². The van der Waals surface area contributed by atoms with Crippen LogP contribution in [0.3, 0.4) is 0 Å². The highest BCUT2D eigenvalue weighted by Crippen LogP contribution is 2.32. The molecule has 162 valence electrons. The number of amides is 1. The van der Waals surface area contributed by atoms with Crippen molar-refractivity contribution >= 4 is 21.6 Å². The Morgan fingerprint density at radius 2 is 1.77 bits per heavy atom. The zero-order valence-electron chi connectivity index (χ0n) is 18.1. The van der Waals surface area contributed by atoms with Crippen molar-refractivity contribution in [3.05, 3.63) is 59.7 Å². The number of benzene rings is 2. The van der Waals surface area contributed by atoms with E-state index in [-0.39, 0.29) is 10.8 Å². The molecule has 0 saturated heterocycles.